The molecule has 0 unspecified atom stereocenters. The molecule has 0 fully saturated rings. The number of hydrogen-bond donors (Lipinski definition) is 2. The van der Waals surface area contributed by atoms with Crippen molar-refractivity contribution in [2.24, 2.45) is 0 Å². The molecule has 0 saturated carbocycles. The maximum Gasteiger partial charge on any atom is 0.234 e. The van der Waals surface area contributed by atoms with Crippen LogP contribution in [0.2, 0.25) is 5.02 Å². The Morgan fingerprint density at radius 1 is 1.50 bits per heavy atom. The summed E-state index contributed by atoms with van der Waals surface area (Å²) in [6.07, 6.45) is 0. The molecule has 88 valence electrons. The number of ether oxygens (including phenoxy) is 1. The number of halogens is 1. The Kier molecular flexibility index (Phi) is 5.08. The van der Waals surface area contributed by atoms with E-state index in [0.717, 1.165) is 5.56 Å². The van der Waals surface area contributed by atoms with Crippen LogP contribution in [0.5, 0.6) is 5.75 Å². The zero-order chi connectivity index (χ0) is 12.0. The number of hydrogen-bond acceptors (Lipinski definition) is 3. The Morgan fingerprint density at radius 3 is 2.88 bits per heavy atom. The molecule has 0 bridgehead atoms. The molecule has 1 amide bonds. The molecule has 0 spiro atoms. The lowest BCUT2D eigenvalue weighted by Crippen LogP contribution is -2.31. The number of carbonyl (C=O) groups is 1. The van der Waals surface area contributed by atoms with Crippen LogP contribution in [-0.2, 0) is 11.3 Å². The van der Waals surface area contributed by atoms with E-state index in [1.54, 1.807) is 26.3 Å². The monoisotopic (exact) mass is 242 g/mol. The van der Waals surface area contributed by atoms with Gasteiger partial charge in [-0.2, -0.15) is 0 Å². The van der Waals surface area contributed by atoms with Gasteiger partial charge in [0.1, 0.15) is 5.75 Å². The van der Waals surface area contributed by atoms with Crippen molar-refractivity contribution >= 4 is 17.5 Å². The molecule has 2 N–H and O–H groups in total. The van der Waals surface area contributed by atoms with Crippen molar-refractivity contribution in [1.29, 1.82) is 0 Å². The van der Waals surface area contributed by atoms with Gasteiger partial charge in [-0.15, -0.1) is 0 Å². The lowest BCUT2D eigenvalue weighted by Gasteiger charge is -2.09. The largest absolute Gasteiger partial charge is 0.496 e. The summed E-state index contributed by atoms with van der Waals surface area (Å²) in [7, 11) is 3.30. The fourth-order valence-electron chi connectivity index (χ4n) is 1.28. The molecule has 0 aliphatic carbocycles. The fourth-order valence-corrected chi connectivity index (χ4v) is 1.44. The van der Waals surface area contributed by atoms with Gasteiger partial charge in [-0.1, -0.05) is 17.7 Å². The number of amides is 1. The molecule has 0 aliphatic rings. The van der Waals surface area contributed by atoms with Crippen molar-refractivity contribution in [3.8, 4) is 5.75 Å². The third-order valence-electron chi connectivity index (χ3n) is 2.06. The van der Waals surface area contributed by atoms with Crippen LogP contribution in [0.1, 0.15) is 5.56 Å². The van der Waals surface area contributed by atoms with Crippen molar-refractivity contribution in [1.82, 2.24) is 10.6 Å². The van der Waals surface area contributed by atoms with E-state index >= 15 is 0 Å². The zero-order valence-electron chi connectivity index (χ0n) is 9.34. The molecule has 4 nitrogen and oxygen atoms in total. The second-order valence-corrected chi connectivity index (χ2v) is 3.70. The van der Waals surface area contributed by atoms with Crippen LogP contribution in [0.3, 0.4) is 0 Å². The van der Waals surface area contributed by atoms with Gasteiger partial charge in [0.05, 0.1) is 13.7 Å². The molecule has 0 radical (unpaired) electrons. The summed E-state index contributed by atoms with van der Waals surface area (Å²) in [4.78, 5) is 11.2. The summed E-state index contributed by atoms with van der Waals surface area (Å²) >= 11 is 5.83. The molecule has 0 aromatic heterocycles. The highest BCUT2D eigenvalue weighted by molar-refractivity contribution is 6.30. The Morgan fingerprint density at radius 2 is 2.25 bits per heavy atom. The Hall–Kier alpha value is -1.26. The number of likely N-dealkylation sites (N-methyl/N-ethyl adjacent to an activating group) is 1. The number of methoxy groups -OCH3 is 1. The van der Waals surface area contributed by atoms with Crippen LogP contribution in [0.4, 0.5) is 0 Å². The summed E-state index contributed by atoms with van der Waals surface area (Å²) in [6.45, 7) is 0.733. The first-order chi connectivity index (χ1) is 7.67. The van der Waals surface area contributed by atoms with Crippen LogP contribution in [0, 0.1) is 0 Å². The summed E-state index contributed by atoms with van der Waals surface area (Å²) < 4.78 is 5.17. The highest BCUT2D eigenvalue weighted by atomic mass is 35.5. The number of nitrogens with one attached hydrogen (secondary N) is 2. The fraction of sp³-hybridized carbons (Fsp3) is 0.364. The molecule has 5 heteroatoms. The van der Waals surface area contributed by atoms with Crippen molar-refractivity contribution in [2.75, 3.05) is 20.7 Å². The van der Waals surface area contributed by atoms with Gasteiger partial charge in [-0.05, 0) is 19.2 Å². The molecule has 0 aliphatic heterocycles. The highest BCUT2D eigenvalue weighted by Gasteiger charge is 2.05. The van der Waals surface area contributed by atoms with Crippen LogP contribution in [0.25, 0.3) is 0 Å². The lowest BCUT2D eigenvalue weighted by atomic mass is 10.2. The van der Waals surface area contributed by atoms with Gasteiger partial charge in [0.2, 0.25) is 5.91 Å². The van der Waals surface area contributed by atoms with Crippen LogP contribution in [0.15, 0.2) is 18.2 Å². The van der Waals surface area contributed by atoms with Gasteiger partial charge >= 0.3 is 0 Å². The van der Waals surface area contributed by atoms with Gasteiger partial charge in [-0.3, -0.25) is 4.79 Å². The first-order valence-electron chi connectivity index (χ1n) is 4.91. The second-order valence-electron chi connectivity index (χ2n) is 3.26. The SMILES string of the molecule is CNCC(=O)NCc1ccc(Cl)cc1OC. The second kappa shape index (κ2) is 6.35. The molecule has 1 rings (SSSR count). The van der Waals surface area contributed by atoms with E-state index in [4.69, 9.17) is 16.3 Å². The number of carbonyl (C=O) groups excluding carboxylic acids is 1. The first-order valence-corrected chi connectivity index (χ1v) is 5.29. The quantitative estimate of drug-likeness (QED) is 0.816. The van der Waals surface area contributed by atoms with Crippen molar-refractivity contribution in [2.45, 2.75) is 6.54 Å². The third kappa shape index (κ3) is 3.72. The normalized spacial score (nSPS) is 9.94. The topological polar surface area (TPSA) is 50.4 Å². The molecule has 0 saturated heterocycles. The third-order valence-corrected chi connectivity index (χ3v) is 2.30. The maximum absolute atomic E-state index is 11.2. The van der Waals surface area contributed by atoms with E-state index in [1.165, 1.54) is 0 Å². The minimum Gasteiger partial charge on any atom is -0.496 e. The molecule has 16 heavy (non-hydrogen) atoms. The van der Waals surface area contributed by atoms with Crippen LogP contribution < -0.4 is 15.4 Å². The number of benzene rings is 1. The molecular weight excluding hydrogens is 228 g/mol. The maximum atomic E-state index is 11.2. The van der Waals surface area contributed by atoms with Crippen molar-refractivity contribution in [3.63, 3.8) is 0 Å². The van der Waals surface area contributed by atoms with Gasteiger partial charge < -0.3 is 15.4 Å². The number of rotatable bonds is 5. The van der Waals surface area contributed by atoms with Gasteiger partial charge in [0.25, 0.3) is 0 Å². The van der Waals surface area contributed by atoms with Gasteiger partial charge in [-0.25, -0.2) is 0 Å². The predicted molar refractivity (Wildman–Crippen MR) is 63.8 cm³/mol. The zero-order valence-corrected chi connectivity index (χ0v) is 10.1. The smallest absolute Gasteiger partial charge is 0.234 e. The predicted octanol–water partition coefficient (Wildman–Crippen LogP) is 1.18. The van der Waals surface area contributed by atoms with E-state index in [-0.39, 0.29) is 5.91 Å². The standard InChI is InChI=1S/C11H15ClN2O2/c1-13-7-11(15)14-6-8-3-4-9(12)5-10(8)16-2/h3-5,13H,6-7H2,1-2H3,(H,14,15). The molecular formula is C11H15ClN2O2. The molecule has 1 aromatic rings. The van der Waals surface area contributed by atoms with Gasteiger partial charge in [0.15, 0.2) is 0 Å². The minimum absolute atomic E-state index is 0.0560. The van der Waals surface area contributed by atoms with Crippen LogP contribution >= 0.6 is 11.6 Å². The highest BCUT2D eigenvalue weighted by Crippen LogP contribution is 2.22. The van der Waals surface area contributed by atoms with Gasteiger partial charge in [0, 0.05) is 17.1 Å². The molecule has 0 atom stereocenters. The average molecular weight is 243 g/mol. The summed E-state index contributed by atoms with van der Waals surface area (Å²) in [5.74, 6) is 0.622. The molecule has 1 aromatic carbocycles. The van der Waals surface area contributed by atoms with E-state index in [0.29, 0.717) is 23.9 Å². The Labute approximate surface area is 99.9 Å². The summed E-state index contributed by atoms with van der Waals surface area (Å²) in [5.41, 5.74) is 0.899. The minimum atomic E-state index is -0.0560. The molecule has 0 heterocycles. The summed E-state index contributed by atoms with van der Waals surface area (Å²) in [6, 6.07) is 5.32. The van der Waals surface area contributed by atoms with Crippen molar-refractivity contribution < 1.29 is 9.53 Å². The van der Waals surface area contributed by atoms with E-state index < -0.39 is 0 Å². The Bertz CT molecular complexity index is 369. The van der Waals surface area contributed by atoms with E-state index in [2.05, 4.69) is 10.6 Å². The Balaban J connectivity index is 2.63. The van der Waals surface area contributed by atoms with Crippen molar-refractivity contribution in [3.05, 3.63) is 28.8 Å². The van der Waals surface area contributed by atoms with E-state index in [9.17, 15) is 4.79 Å². The summed E-state index contributed by atoms with van der Waals surface area (Å²) in [5, 5.41) is 6.16. The average Bonchev–Trinajstić information content (AvgIpc) is 2.27. The van der Waals surface area contributed by atoms with Crippen LogP contribution in [-0.4, -0.2) is 26.6 Å². The van der Waals surface area contributed by atoms with E-state index in [1.807, 2.05) is 6.07 Å². The first kappa shape index (κ1) is 12.8. The lowest BCUT2D eigenvalue weighted by molar-refractivity contribution is -0.120.